The van der Waals surface area contributed by atoms with Crippen LogP contribution in [0.5, 0.6) is 11.5 Å². The number of rotatable bonds is 9. The highest BCUT2D eigenvalue weighted by atomic mass is 16.5. The molecule has 4 rings (SSSR count). The zero-order chi connectivity index (χ0) is 23.3. The maximum absolute atomic E-state index is 11.2. The molecule has 2 fully saturated rings. The molecule has 6 nitrogen and oxygen atoms in total. The van der Waals surface area contributed by atoms with Gasteiger partial charge in [0.2, 0.25) is 0 Å². The molecule has 0 unspecified atom stereocenters. The summed E-state index contributed by atoms with van der Waals surface area (Å²) < 4.78 is 11.8. The zero-order valence-electron chi connectivity index (χ0n) is 20.0. The lowest BCUT2D eigenvalue weighted by atomic mass is 9.90. The standard InChI is InChI=1S/C27H38N2O4/c1-21-15-22(2)17-25(16-21)33-20-27(31)19-29(12-9-26(27)30)18-23-5-7-24(8-6-23)32-14-13-28-10-3-4-11-28/h5-8,15-17,26,30-31H,3-4,9-14,18-20H2,1-2H3/t26-,27-/m0/s1. The molecule has 0 saturated carbocycles. The first-order chi connectivity index (χ1) is 15.9. The number of β-amino-alcohol motifs (C(OH)–C–C–N with tert-alkyl or cyclic N) is 1. The summed E-state index contributed by atoms with van der Waals surface area (Å²) in [6.07, 6.45) is 2.32. The van der Waals surface area contributed by atoms with Crippen molar-refractivity contribution >= 4 is 0 Å². The first-order valence-electron chi connectivity index (χ1n) is 12.2. The third-order valence-electron chi connectivity index (χ3n) is 6.72. The van der Waals surface area contributed by atoms with Gasteiger partial charge in [0.15, 0.2) is 0 Å². The number of aliphatic hydroxyl groups is 2. The molecular formula is C27H38N2O4. The number of hydrogen-bond donors (Lipinski definition) is 2. The van der Waals surface area contributed by atoms with Gasteiger partial charge < -0.3 is 19.7 Å². The number of aliphatic hydroxyl groups excluding tert-OH is 1. The fourth-order valence-electron chi connectivity index (χ4n) is 4.89. The molecule has 2 N–H and O–H groups in total. The van der Waals surface area contributed by atoms with Crippen molar-refractivity contribution in [1.29, 1.82) is 0 Å². The highest BCUT2D eigenvalue weighted by Gasteiger charge is 2.42. The van der Waals surface area contributed by atoms with E-state index in [0.717, 1.165) is 47.9 Å². The topological polar surface area (TPSA) is 65.4 Å². The van der Waals surface area contributed by atoms with Crippen LogP contribution >= 0.6 is 0 Å². The molecule has 33 heavy (non-hydrogen) atoms. The average molecular weight is 455 g/mol. The third kappa shape index (κ3) is 6.70. The molecule has 6 heteroatoms. The van der Waals surface area contributed by atoms with E-state index in [1.807, 2.05) is 38.1 Å². The minimum Gasteiger partial charge on any atom is -0.492 e. The Balaban J connectivity index is 1.28. The molecular weight excluding hydrogens is 416 g/mol. The average Bonchev–Trinajstić information content (AvgIpc) is 3.29. The van der Waals surface area contributed by atoms with Crippen molar-refractivity contribution in [3.8, 4) is 11.5 Å². The molecule has 2 aromatic rings. The highest BCUT2D eigenvalue weighted by Crippen LogP contribution is 2.26. The van der Waals surface area contributed by atoms with Crippen molar-refractivity contribution < 1.29 is 19.7 Å². The van der Waals surface area contributed by atoms with Gasteiger partial charge in [-0.1, -0.05) is 18.2 Å². The summed E-state index contributed by atoms with van der Waals surface area (Å²) in [7, 11) is 0. The van der Waals surface area contributed by atoms with Crippen molar-refractivity contribution in [2.75, 3.05) is 45.9 Å². The molecule has 2 heterocycles. The largest absolute Gasteiger partial charge is 0.492 e. The monoisotopic (exact) mass is 454 g/mol. The van der Waals surface area contributed by atoms with E-state index >= 15 is 0 Å². The number of ether oxygens (including phenoxy) is 2. The van der Waals surface area contributed by atoms with Crippen molar-refractivity contribution in [2.24, 2.45) is 0 Å². The van der Waals surface area contributed by atoms with Crippen molar-refractivity contribution in [1.82, 2.24) is 9.80 Å². The summed E-state index contributed by atoms with van der Waals surface area (Å²) >= 11 is 0. The number of piperidine rings is 1. The van der Waals surface area contributed by atoms with Crippen molar-refractivity contribution in [2.45, 2.75) is 51.4 Å². The van der Waals surface area contributed by atoms with E-state index in [2.05, 4.69) is 28.0 Å². The molecule has 2 aliphatic heterocycles. The highest BCUT2D eigenvalue weighted by molar-refractivity contribution is 5.33. The fourth-order valence-corrected chi connectivity index (χ4v) is 4.89. The van der Waals surface area contributed by atoms with Crippen LogP contribution in [-0.2, 0) is 6.54 Å². The van der Waals surface area contributed by atoms with Crippen molar-refractivity contribution in [3.05, 3.63) is 59.2 Å². The lowest BCUT2D eigenvalue weighted by Crippen LogP contribution is -2.59. The van der Waals surface area contributed by atoms with E-state index in [0.29, 0.717) is 19.5 Å². The molecule has 2 atom stereocenters. The van der Waals surface area contributed by atoms with Gasteiger partial charge in [0.25, 0.3) is 0 Å². The minimum absolute atomic E-state index is 0.0668. The molecule has 0 aliphatic carbocycles. The lowest BCUT2D eigenvalue weighted by Gasteiger charge is -2.42. The van der Waals surface area contributed by atoms with Crippen LogP contribution in [0.3, 0.4) is 0 Å². The van der Waals surface area contributed by atoms with E-state index in [-0.39, 0.29) is 6.61 Å². The smallest absolute Gasteiger partial charge is 0.137 e. The maximum Gasteiger partial charge on any atom is 0.137 e. The van der Waals surface area contributed by atoms with E-state index < -0.39 is 11.7 Å². The second-order valence-corrected chi connectivity index (χ2v) is 9.77. The normalized spacial score (nSPS) is 24.2. The predicted octanol–water partition coefficient (Wildman–Crippen LogP) is 3.15. The minimum atomic E-state index is -1.30. The van der Waals surface area contributed by atoms with E-state index in [4.69, 9.17) is 9.47 Å². The van der Waals surface area contributed by atoms with Crippen LogP contribution in [-0.4, -0.2) is 77.7 Å². The van der Waals surface area contributed by atoms with Gasteiger partial charge in [-0.2, -0.15) is 0 Å². The second kappa shape index (κ2) is 10.9. The van der Waals surface area contributed by atoms with Gasteiger partial charge in [-0.15, -0.1) is 0 Å². The Morgan fingerprint density at radius 2 is 1.61 bits per heavy atom. The molecule has 2 saturated heterocycles. The van der Waals surface area contributed by atoms with Crippen LogP contribution in [0, 0.1) is 13.8 Å². The van der Waals surface area contributed by atoms with Gasteiger partial charge in [-0.25, -0.2) is 0 Å². The van der Waals surface area contributed by atoms with Crippen LogP contribution in [0.15, 0.2) is 42.5 Å². The van der Waals surface area contributed by atoms with E-state index in [1.54, 1.807) is 0 Å². The Hall–Kier alpha value is -2.12. The van der Waals surface area contributed by atoms with Crippen molar-refractivity contribution in [3.63, 3.8) is 0 Å². The van der Waals surface area contributed by atoms with Crippen LogP contribution in [0.4, 0.5) is 0 Å². The molecule has 0 radical (unpaired) electrons. The van der Waals surface area contributed by atoms with Crippen LogP contribution < -0.4 is 9.47 Å². The Labute approximate surface area is 197 Å². The van der Waals surface area contributed by atoms with E-state index in [1.165, 1.54) is 25.9 Å². The first kappa shape index (κ1) is 24.0. The molecule has 0 spiro atoms. The van der Waals surface area contributed by atoms with Gasteiger partial charge in [0.1, 0.15) is 30.3 Å². The number of hydrogen-bond acceptors (Lipinski definition) is 6. The lowest BCUT2D eigenvalue weighted by molar-refractivity contribution is -0.140. The zero-order valence-corrected chi connectivity index (χ0v) is 20.0. The van der Waals surface area contributed by atoms with Gasteiger partial charge in [-0.05, 0) is 87.2 Å². The molecule has 0 amide bonds. The number of likely N-dealkylation sites (tertiary alicyclic amines) is 2. The van der Waals surface area contributed by atoms with Gasteiger partial charge >= 0.3 is 0 Å². The third-order valence-corrected chi connectivity index (χ3v) is 6.72. The van der Waals surface area contributed by atoms with Crippen LogP contribution in [0.25, 0.3) is 0 Å². The number of aryl methyl sites for hydroxylation is 2. The molecule has 2 aromatic carbocycles. The Morgan fingerprint density at radius 1 is 0.909 bits per heavy atom. The summed E-state index contributed by atoms with van der Waals surface area (Å²) in [5.41, 5.74) is 2.10. The summed E-state index contributed by atoms with van der Waals surface area (Å²) in [6, 6.07) is 14.2. The fraction of sp³-hybridized carbons (Fsp3) is 0.556. The summed E-state index contributed by atoms with van der Waals surface area (Å²) in [4.78, 5) is 4.63. The number of benzene rings is 2. The molecule has 180 valence electrons. The second-order valence-electron chi connectivity index (χ2n) is 9.77. The van der Waals surface area contributed by atoms with E-state index in [9.17, 15) is 10.2 Å². The SMILES string of the molecule is Cc1cc(C)cc(OC[C@@]2(O)CN(Cc3ccc(OCCN4CCCC4)cc3)CC[C@@H]2O)c1. The Morgan fingerprint density at radius 3 is 2.30 bits per heavy atom. The van der Waals surface area contributed by atoms with Crippen LogP contribution in [0.2, 0.25) is 0 Å². The predicted molar refractivity (Wildman–Crippen MR) is 130 cm³/mol. The molecule has 0 bridgehead atoms. The first-order valence-corrected chi connectivity index (χ1v) is 12.2. The van der Waals surface area contributed by atoms with Gasteiger partial charge in [-0.3, -0.25) is 9.80 Å². The quantitative estimate of drug-likeness (QED) is 0.607. The van der Waals surface area contributed by atoms with Gasteiger partial charge in [0.05, 0.1) is 6.10 Å². The summed E-state index contributed by atoms with van der Waals surface area (Å²) in [5.74, 6) is 1.62. The molecule has 2 aliphatic rings. The summed E-state index contributed by atoms with van der Waals surface area (Å²) in [5, 5.41) is 21.7. The van der Waals surface area contributed by atoms with Crippen LogP contribution in [0.1, 0.15) is 36.0 Å². The maximum atomic E-state index is 11.2. The summed E-state index contributed by atoms with van der Waals surface area (Å²) in [6.45, 7) is 10.0. The Kier molecular flexibility index (Phi) is 7.91. The molecule has 0 aromatic heterocycles. The number of nitrogens with zero attached hydrogens (tertiary/aromatic N) is 2. The Bertz CT molecular complexity index is 877. The van der Waals surface area contributed by atoms with Gasteiger partial charge in [0, 0.05) is 26.2 Å².